The van der Waals surface area contributed by atoms with Crippen LogP contribution >= 0.6 is 0 Å². The van der Waals surface area contributed by atoms with Crippen LogP contribution in [0.25, 0.3) is 72.3 Å². The first-order valence-electron chi connectivity index (χ1n) is 14.4. The Labute approximate surface area is 244 Å². The smallest absolute Gasteiger partial charge is 0.227 e. The molecule has 0 atom stereocenters. The molecule has 0 fully saturated rings. The maximum Gasteiger partial charge on any atom is 0.227 e. The molecule has 200 valence electrons. The van der Waals surface area contributed by atoms with Gasteiger partial charge in [-0.05, 0) is 88.8 Å². The molecule has 0 amide bonds. The first-order chi connectivity index (χ1) is 20.8. The van der Waals surface area contributed by atoms with E-state index < -0.39 is 0 Å². The summed E-state index contributed by atoms with van der Waals surface area (Å²) >= 11 is 0. The van der Waals surface area contributed by atoms with E-state index in [1.54, 1.807) is 0 Å². The van der Waals surface area contributed by atoms with E-state index in [4.69, 9.17) is 9.40 Å². The van der Waals surface area contributed by atoms with Crippen molar-refractivity contribution in [1.29, 1.82) is 0 Å². The fourth-order valence-corrected chi connectivity index (χ4v) is 6.10. The minimum atomic E-state index is 0.651. The number of benzene rings is 6. The van der Waals surface area contributed by atoms with Crippen molar-refractivity contribution in [3.8, 4) is 39.4 Å². The van der Waals surface area contributed by atoms with Gasteiger partial charge < -0.3 is 8.98 Å². The van der Waals surface area contributed by atoms with Crippen LogP contribution in [-0.2, 0) is 6.42 Å². The lowest BCUT2D eigenvalue weighted by Gasteiger charge is -2.08. The van der Waals surface area contributed by atoms with Crippen LogP contribution in [0.3, 0.4) is 0 Å². The molecule has 0 aliphatic carbocycles. The fourth-order valence-electron chi connectivity index (χ4n) is 6.10. The zero-order chi connectivity index (χ0) is 28.0. The number of nitrogens with zero attached hydrogens (tertiary/aromatic N) is 2. The maximum atomic E-state index is 6.35. The van der Waals surface area contributed by atoms with Crippen molar-refractivity contribution < 1.29 is 4.42 Å². The standard InChI is InChI=1S/C39H28N2O/c1-2-26-23-31(27-11-5-3-6-12-27)25-35-38(26)42-39(40-35)29-19-17-28(18-20-29)30-21-22-37-34(24-30)33-15-9-10-16-36(33)41(37)32-13-7-4-8-14-32/h3-25H,2H2,1H3. The van der Waals surface area contributed by atoms with Crippen LogP contribution in [0, 0.1) is 0 Å². The van der Waals surface area contributed by atoms with Crippen LogP contribution < -0.4 is 0 Å². The van der Waals surface area contributed by atoms with Crippen molar-refractivity contribution in [1.82, 2.24) is 9.55 Å². The molecular formula is C39H28N2O. The van der Waals surface area contributed by atoms with Gasteiger partial charge in [-0.3, -0.25) is 0 Å². The van der Waals surface area contributed by atoms with Crippen LogP contribution in [0.2, 0.25) is 0 Å². The third-order valence-corrected chi connectivity index (χ3v) is 8.21. The Balaban J connectivity index is 1.18. The molecule has 8 aromatic rings. The van der Waals surface area contributed by atoms with Crippen LogP contribution in [0.5, 0.6) is 0 Å². The van der Waals surface area contributed by atoms with Gasteiger partial charge in [-0.25, -0.2) is 4.98 Å². The predicted molar refractivity (Wildman–Crippen MR) is 174 cm³/mol. The van der Waals surface area contributed by atoms with Crippen molar-refractivity contribution >= 4 is 32.9 Å². The quantitative estimate of drug-likeness (QED) is 0.217. The Hall–Kier alpha value is -5.41. The molecule has 0 radical (unpaired) electrons. The monoisotopic (exact) mass is 540 g/mol. The SMILES string of the molecule is CCc1cc(-c2ccccc2)cc2nc(-c3ccc(-c4ccc5c(c4)c4ccccc4n5-c4ccccc4)cc3)oc12. The number of aryl methyl sites for hydroxylation is 1. The Kier molecular flexibility index (Phi) is 5.75. The molecule has 42 heavy (non-hydrogen) atoms. The summed E-state index contributed by atoms with van der Waals surface area (Å²) in [7, 11) is 0. The molecule has 0 saturated heterocycles. The molecule has 2 aromatic heterocycles. The summed E-state index contributed by atoms with van der Waals surface area (Å²) in [5.41, 5.74) is 12.2. The van der Waals surface area contributed by atoms with E-state index in [2.05, 4.69) is 145 Å². The van der Waals surface area contributed by atoms with Crippen LogP contribution in [0.1, 0.15) is 12.5 Å². The van der Waals surface area contributed by atoms with E-state index in [1.165, 1.54) is 49.7 Å². The average Bonchev–Trinajstić information content (AvgIpc) is 3.64. The molecule has 3 heteroatoms. The highest BCUT2D eigenvalue weighted by molar-refractivity contribution is 6.10. The summed E-state index contributed by atoms with van der Waals surface area (Å²) in [5.74, 6) is 0.651. The van der Waals surface area contributed by atoms with Gasteiger partial charge in [-0.15, -0.1) is 0 Å². The van der Waals surface area contributed by atoms with E-state index in [0.29, 0.717) is 5.89 Å². The van der Waals surface area contributed by atoms with Crippen molar-refractivity contribution in [3.63, 3.8) is 0 Å². The lowest BCUT2D eigenvalue weighted by Crippen LogP contribution is -1.92. The zero-order valence-electron chi connectivity index (χ0n) is 23.3. The summed E-state index contributed by atoms with van der Waals surface area (Å²) in [6.07, 6.45) is 0.883. The topological polar surface area (TPSA) is 31.0 Å². The van der Waals surface area contributed by atoms with Gasteiger partial charge in [-0.2, -0.15) is 0 Å². The third kappa shape index (κ3) is 4.02. The second-order valence-electron chi connectivity index (χ2n) is 10.7. The number of hydrogen-bond acceptors (Lipinski definition) is 2. The van der Waals surface area contributed by atoms with Gasteiger partial charge in [0.1, 0.15) is 5.52 Å². The van der Waals surface area contributed by atoms with Gasteiger partial charge in [-0.1, -0.05) is 91.9 Å². The molecule has 3 nitrogen and oxygen atoms in total. The van der Waals surface area contributed by atoms with E-state index in [0.717, 1.165) is 28.6 Å². The molecule has 0 unspecified atom stereocenters. The maximum absolute atomic E-state index is 6.35. The Bertz CT molecular complexity index is 2210. The highest BCUT2D eigenvalue weighted by Crippen LogP contribution is 2.36. The molecule has 6 aromatic carbocycles. The normalized spacial score (nSPS) is 11.5. The average molecular weight is 541 g/mol. The lowest BCUT2D eigenvalue weighted by molar-refractivity contribution is 0.616. The van der Waals surface area contributed by atoms with Crippen molar-refractivity contribution in [2.45, 2.75) is 13.3 Å². The van der Waals surface area contributed by atoms with Gasteiger partial charge in [0.25, 0.3) is 0 Å². The molecule has 0 bridgehead atoms. The van der Waals surface area contributed by atoms with E-state index in [9.17, 15) is 0 Å². The van der Waals surface area contributed by atoms with Gasteiger partial charge >= 0.3 is 0 Å². The molecule has 8 rings (SSSR count). The van der Waals surface area contributed by atoms with Gasteiger partial charge in [0.2, 0.25) is 5.89 Å². The largest absolute Gasteiger partial charge is 0.436 e. The van der Waals surface area contributed by atoms with Crippen molar-refractivity contribution in [2.75, 3.05) is 0 Å². The van der Waals surface area contributed by atoms with Gasteiger partial charge in [0.15, 0.2) is 5.58 Å². The van der Waals surface area contributed by atoms with Crippen LogP contribution in [0.15, 0.2) is 144 Å². The van der Waals surface area contributed by atoms with E-state index >= 15 is 0 Å². The van der Waals surface area contributed by atoms with Crippen LogP contribution in [0.4, 0.5) is 0 Å². The number of aromatic nitrogens is 2. The second kappa shape index (κ2) is 9.90. The van der Waals surface area contributed by atoms with Crippen LogP contribution in [-0.4, -0.2) is 9.55 Å². The van der Waals surface area contributed by atoms with Gasteiger partial charge in [0.05, 0.1) is 11.0 Å². The Morgan fingerprint density at radius 1 is 0.548 bits per heavy atom. The predicted octanol–water partition coefficient (Wildman–Crippen LogP) is 10.5. The molecular weight excluding hydrogens is 512 g/mol. The van der Waals surface area contributed by atoms with Crippen molar-refractivity contribution in [3.05, 3.63) is 145 Å². The second-order valence-corrected chi connectivity index (χ2v) is 10.7. The number of para-hydroxylation sites is 2. The molecule has 0 aliphatic rings. The number of fused-ring (bicyclic) bond motifs is 4. The molecule has 0 aliphatic heterocycles. The Morgan fingerprint density at radius 2 is 1.19 bits per heavy atom. The highest BCUT2D eigenvalue weighted by atomic mass is 16.3. The first kappa shape index (κ1) is 24.4. The minimum Gasteiger partial charge on any atom is -0.436 e. The Morgan fingerprint density at radius 3 is 1.98 bits per heavy atom. The third-order valence-electron chi connectivity index (χ3n) is 8.21. The number of hydrogen-bond donors (Lipinski definition) is 0. The van der Waals surface area contributed by atoms with Gasteiger partial charge in [0, 0.05) is 22.0 Å². The fraction of sp³-hybridized carbons (Fsp3) is 0.0513. The zero-order valence-corrected chi connectivity index (χ0v) is 23.3. The molecule has 0 N–H and O–H groups in total. The number of rotatable bonds is 5. The first-order valence-corrected chi connectivity index (χ1v) is 14.4. The summed E-state index contributed by atoms with van der Waals surface area (Å²) < 4.78 is 8.70. The summed E-state index contributed by atoms with van der Waals surface area (Å²) in [6, 6.07) is 49.3. The minimum absolute atomic E-state index is 0.651. The molecule has 2 heterocycles. The summed E-state index contributed by atoms with van der Waals surface area (Å²) in [6.45, 7) is 2.16. The van der Waals surface area contributed by atoms with E-state index in [-0.39, 0.29) is 0 Å². The lowest BCUT2D eigenvalue weighted by atomic mass is 10.0. The summed E-state index contributed by atoms with van der Waals surface area (Å²) in [4.78, 5) is 4.92. The molecule has 0 saturated carbocycles. The molecule has 0 spiro atoms. The van der Waals surface area contributed by atoms with E-state index in [1.807, 2.05) is 6.07 Å². The van der Waals surface area contributed by atoms with Crippen molar-refractivity contribution in [2.24, 2.45) is 0 Å². The number of oxazole rings is 1. The highest BCUT2D eigenvalue weighted by Gasteiger charge is 2.15. The summed E-state index contributed by atoms with van der Waals surface area (Å²) in [5, 5.41) is 2.50.